The van der Waals surface area contributed by atoms with E-state index >= 15 is 0 Å². The first-order valence-electron chi connectivity index (χ1n) is 7.05. The van der Waals surface area contributed by atoms with Crippen molar-refractivity contribution >= 4 is 11.6 Å². The Labute approximate surface area is 124 Å². The van der Waals surface area contributed by atoms with E-state index in [0.717, 1.165) is 33.9 Å². The molecule has 0 amide bonds. The molecule has 0 spiro atoms. The largest absolute Gasteiger partial charge is 0.497 e. The van der Waals surface area contributed by atoms with Gasteiger partial charge in [-0.2, -0.15) is 0 Å². The summed E-state index contributed by atoms with van der Waals surface area (Å²) in [7, 11) is 1.66. The third-order valence-electron chi connectivity index (χ3n) is 3.47. The molecule has 0 unspecified atom stereocenters. The van der Waals surface area contributed by atoms with Gasteiger partial charge in [0.1, 0.15) is 23.9 Å². The van der Waals surface area contributed by atoms with Crippen LogP contribution in [0.1, 0.15) is 18.1 Å². The summed E-state index contributed by atoms with van der Waals surface area (Å²) >= 11 is 0. The zero-order chi connectivity index (χ0) is 14.7. The molecule has 1 aliphatic heterocycles. The van der Waals surface area contributed by atoms with Gasteiger partial charge in [0.25, 0.3) is 0 Å². The summed E-state index contributed by atoms with van der Waals surface area (Å²) < 4.78 is 16.5. The maximum absolute atomic E-state index is 5.83. The van der Waals surface area contributed by atoms with Gasteiger partial charge in [-0.15, -0.1) is 0 Å². The van der Waals surface area contributed by atoms with E-state index in [-0.39, 0.29) is 0 Å². The number of fused-ring (bicyclic) bond motifs is 1. The molecule has 21 heavy (non-hydrogen) atoms. The van der Waals surface area contributed by atoms with Crippen LogP contribution in [0.4, 0.5) is 0 Å². The van der Waals surface area contributed by atoms with E-state index in [1.54, 1.807) is 7.11 Å². The Morgan fingerprint density at radius 2 is 1.81 bits per heavy atom. The Bertz CT molecular complexity index is 657. The first-order chi connectivity index (χ1) is 10.3. The maximum atomic E-state index is 5.83. The van der Waals surface area contributed by atoms with Gasteiger partial charge in [-0.05, 0) is 48.4 Å². The fourth-order valence-corrected chi connectivity index (χ4v) is 2.37. The summed E-state index contributed by atoms with van der Waals surface area (Å²) in [6.07, 6.45) is 2.16. The van der Waals surface area contributed by atoms with Crippen molar-refractivity contribution in [1.29, 1.82) is 0 Å². The molecule has 1 heterocycles. The van der Waals surface area contributed by atoms with Crippen molar-refractivity contribution in [2.75, 3.05) is 20.3 Å². The minimum atomic E-state index is 0.564. The molecule has 0 fully saturated rings. The molecule has 2 aromatic carbocycles. The van der Waals surface area contributed by atoms with Crippen molar-refractivity contribution in [1.82, 2.24) is 0 Å². The third-order valence-corrected chi connectivity index (χ3v) is 3.47. The molecule has 3 rings (SSSR count). The molecule has 0 radical (unpaired) electrons. The molecule has 2 aromatic rings. The van der Waals surface area contributed by atoms with Gasteiger partial charge in [-0.25, -0.2) is 0 Å². The van der Waals surface area contributed by atoms with Crippen molar-refractivity contribution in [3.05, 3.63) is 53.6 Å². The zero-order valence-corrected chi connectivity index (χ0v) is 12.3. The Balaban J connectivity index is 1.87. The van der Waals surface area contributed by atoms with Gasteiger partial charge in [0.15, 0.2) is 0 Å². The molecule has 108 valence electrons. The highest BCUT2D eigenvalue weighted by Gasteiger charge is 2.13. The molecular formula is C18H18O3. The van der Waals surface area contributed by atoms with Crippen LogP contribution in [0, 0.1) is 0 Å². The summed E-state index contributed by atoms with van der Waals surface area (Å²) in [6, 6.07) is 14.0. The summed E-state index contributed by atoms with van der Waals surface area (Å²) in [5.74, 6) is 2.57. The van der Waals surface area contributed by atoms with E-state index in [0.29, 0.717) is 13.2 Å². The number of ether oxygens (including phenoxy) is 3. The Kier molecular flexibility index (Phi) is 3.82. The summed E-state index contributed by atoms with van der Waals surface area (Å²) in [4.78, 5) is 0. The first kappa shape index (κ1) is 13.6. The average Bonchev–Trinajstić information content (AvgIpc) is 2.55. The van der Waals surface area contributed by atoms with E-state index in [4.69, 9.17) is 14.2 Å². The highest BCUT2D eigenvalue weighted by molar-refractivity contribution is 5.85. The van der Waals surface area contributed by atoms with Crippen LogP contribution in [0.3, 0.4) is 0 Å². The van der Waals surface area contributed by atoms with Crippen LogP contribution < -0.4 is 14.2 Å². The minimum absolute atomic E-state index is 0.564. The fraction of sp³-hybridized carbons (Fsp3) is 0.222. The standard InChI is InChI=1S/C18H18O3/c1-3-20-16-7-4-13(5-8-16)15-10-14-6-9-17(19-2)11-18(14)21-12-15/h4-11H,3,12H2,1-2H3. The summed E-state index contributed by atoms with van der Waals surface area (Å²) in [6.45, 7) is 3.23. The predicted molar refractivity (Wildman–Crippen MR) is 84.0 cm³/mol. The molecule has 0 N–H and O–H groups in total. The topological polar surface area (TPSA) is 27.7 Å². The molecule has 3 nitrogen and oxygen atoms in total. The van der Waals surface area contributed by atoms with Gasteiger partial charge in [-0.3, -0.25) is 0 Å². The van der Waals surface area contributed by atoms with Crippen LogP contribution in [-0.2, 0) is 0 Å². The lowest BCUT2D eigenvalue weighted by Crippen LogP contribution is -2.06. The van der Waals surface area contributed by atoms with E-state index in [1.807, 2.05) is 37.3 Å². The summed E-state index contributed by atoms with van der Waals surface area (Å²) in [5, 5.41) is 0. The Morgan fingerprint density at radius 3 is 2.52 bits per heavy atom. The van der Waals surface area contributed by atoms with Crippen LogP contribution in [-0.4, -0.2) is 20.3 Å². The predicted octanol–water partition coefficient (Wildman–Crippen LogP) is 4.03. The lowest BCUT2D eigenvalue weighted by molar-refractivity contribution is 0.340. The quantitative estimate of drug-likeness (QED) is 0.847. The van der Waals surface area contributed by atoms with E-state index in [9.17, 15) is 0 Å². The normalized spacial score (nSPS) is 13.0. The van der Waals surface area contributed by atoms with Gasteiger partial charge >= 0.3 is 0 Å². The molecule has 0 aliphatic carbocycles. The van der Waals surface area contributed by atoms with Crippen LogP contribution in [0.5, 0.6) is 17.2 Å². The second kappa shape index (κ2) is 5.92. The molecule has 0 saturated heterocycles. The number of benzene rings is 2. The minimum Gasteiger partial charge on any atom is -0.497 e. The fourth-order valence-electron chi connectivity index (χ4n) is 2.37. The average molecular weight is 282 g/mol. The monoisotopic (exact) mass is 282 g/mol. The lowest BCUT2D eigenvalue weighted by atomic mass is 10.0. The second-order valence-corrected chi connectivity index (χ2v) is 4.82. The molecule has 3 heteroatoms. The highest BCUT2D eigenvalue weighted by atomic mass is 16.5. The first-order valence-corrected chi connectivity index (χ1v) is 7.05. The Morgan fingerprint density at radius 1 is 1.05 bits per heavy atom. The second-order valence-electron chi connectivity index (χ2n) is 4.82. The number of rotatable bonds is 4. The lowest BCUT2D eigenvalue weighted by Gasteiger charge is -2.19. The van der Waals surface area contributed by atoms with Gasteiger partial charge in [0.2, 0.25) is 0 Å². The Hall–Kier alpha value is -2.42. The number of hydrogen-bond donors (Lipinski definition) is 0. The molecule has 0 bridgehead atoms. The van der Waals surface area contributed by atoms with Crippen molar-refractivity contribution in [2.24, 2.45) is 0 Å². The molecular weight excluding hydrogens is 264 g/mol. The highest BCUT2D eigenvalue weighted by Crippen LogP contribution is 2.33. The maximum Gasteiger partial charge on any atom is 0.130 e. The van der Waals surface area contributed by atoms with Gasteiger partial charge in [0.05, 0.1) is 13.7 Å². The summed E-state index contributed by atoms with van der Waals surface area (Å²) in [5.41, 5.74) is 3.39. The SMILES string of the molecule is CCOc1ccc(C2=Cc3ccc(OC)cc3OC2)cc1. The van der Waals surface area contributed by atoms with Gasteiger partial charge < -0.3 is 14.2 Å². The van der Waals surface area contributed by atoms with Gasteiger partial charge in [-0.1, -0.05) is 12.1 Å². The van der Waals surface area contributed by atoms with Crippen molar-refractivity contribution < 1.29 is 14.2 Å². The third kappa shape index (κ3) is 2.87. The van der Waals surface area contributed by atoms with E-state index < -0.39 is 0 Å². The van der Waals surface area contributed by atoms with Crippen LogP contribution >= 0.6 is 0 Å². The zero-order valence-electron chi connectivity index (χ0n) is 12.3. The van der Waals surface area contributed by atoms with Gasteiger partial charge in [0, 0.05) is 11.6 Å². The molecule has 1 aliphatic rings. The number of hydrogen-bond acceptors (Lipinski definition) is 3. The van der Waals surface area contributed by atoms with E-state index in [2.05, 4.69) is 18.2 Å². The van der Waals surface area contributed by atoms with Crippen molar-refractivity contribution in [3.63, 3.8) is 0 Å². The van der Waals surface area contributed by atoms with Crippen molar-refractivity contribution in [2.45, 2.75) is 6.92 Å². The molecule has 0 saturated carbocycles. The van der Waals surface area contributed by atoms with Crippen molar-refractivity contribution in [3.8, 4) is 17.2 Å². The van der Waals surface area contributed by atoms with Crippen LogP contribution in [0.25, 0.3) is 11.6 Å². The molecule has 0 atom stereocenters. The number of methoxy groups -OCH3 is 1. The smallest absolute Gasteiger partial charge is 0.130 e. The molecule has 0 aromatic heterocycles. The van der Waals surface area contributed by atoms with Crippen LogP contribution in [0.15, 0.2) is 42.5 Å². The van der Waals surface area contributed by atoms with E-state index in [1.165, 1.54) is 0 Å². The van der Waals surface area contributed by atoms with Crippen LogP contribution in [0.2, 0.25) is 0 Å².